The van der Waals surface area contributed by atoms with Gasteiger partial charge in [-0.1, -0.05) is 15.9 Å². The number of halogens is 6. The minimum Gasteiger partial charge on any atom is -0.379 e. The van der Waals surface area contributed by atoms with E-state index in [0.717, 1.165) is 6.07 Å². The van der Waals surface area contributed by atoms with Crippen molar-refractivity contribution in [1.82, 2.24) is 0 Å². The molecular weight excluding hydrogens is 287 g/mol. The van der Waals surface area contributed by atoms with Crippen LogP contribution in [0, 0.1) is 11.6 Å². The average Bonchev–Trinajstić information content (AvgIpc) is 2.10. The molecular formula is C8H4BrF5O. The molecule has 15 heavy (non-hydrogen) atoms. The second-order valence-electron chi connectivity index (χ2n) is 2.70. The average molecular weight is 291 g/mol. The number of hydrogen-bond acceptors (Lipinski definition) is 1. The molecule has 0 heterocycles. The van der Waals surface area contributed by atoms with Crippen LogP contribution in [0.15, 0.2) is 16.6 Å². The molecule has 0 spiro atoms. The first kappa shape index (κ1) is 12.4. The quantitative estimate of drug-likeness (QED) is 0.621. The highest BCUT2D eigenvalue weighted by Gasteiger charge is 2.42. The van der Waals surface area contributed by atoms with Gasteiger partial charge in [-0.05, 0) is 12.1 Å². The smallest absolute Gasteiger partial charge is 0.379 e. The molecule has 1 rings (SSSR count). The highest BCUT2D eigenvalue weighted by atomic mass is 79.9. The van der Waals surface area contributed by atoms with Gasteiger partial charge in [0.05, 0.1) is 0 Å². The van der Waals surface area contributed by atoms with Crippen LogP contribution in [0.2, 0.25) is 0 Å². The Morgan fingerprint density at radius 2 is 1.73 bits per heavy atom. The zero-order chi connectivity index (χ0) is 11.8. The second-order valence-corrected chi connectivity index (χ2v) is 3.56. The summed E-state index contributed by atoms with van der Waals surface area (Å²) in [6, 6.07) is 1.55. The molecule has 1 nitrogen and oxygen atoms in total. The highest BCUT2D eigenvalue weighted by molar-refractivity contribution is 9.10. The third-order valence-corrected chi connectivity index (χ3v) is 2.35. The molecule has 0 aromatic heterocycles. The minimum atomic E-state index is -5.04. The Balaban J connectivity index is 3.31. The lowest BCUT2D eigenvalue weighted by Crippen LogP contribution is -2.22. The lowest BCUT2D eigenvalue weighted by molar-refractivity contribution is -0.207. The van der Waals surface area contributed by atoms with Crippen molar-refractivity contribution >= 4 is 15.9 Å². The van der Waals surface area contributed by atoms with Crippen LogP contribution in [0.25, 0.3) is 0 Å². The van der Waals surface area contributed by atoms with Crippen LogP contribution in [0.1, 0.15) is 11.7 Å². The number of hydrogen-bond donors (Lipinski definition) is 1. The first-order valence-electron chi connectivity index (χ1n) is 3.63. The van der Waals surface area contributed by atoms with Gasteiger partial charge in [-0.3, -0.25) is 0 Å². The summed E-state index contributed by atoms with van der Waals surface area (Å²) in [5.41, 5.74) is -1.15. The van der Waals surface area contributed by atoms with Crippen LogP contribution in [0.4, 0.5) is 22.0 Å². The van der Waals surface area contributed by atoms with Crippen LogP contribution in [-0.2, 0) is 0 Å². The first-order chi connectivity index (χ1) is 6.75. The van der Waals surface area contributed by atoms with E-state index in [1.54, 1.807) is 0 Å². The third-order valence-electron chi connectivity index (χ3n) is 1.66. The monoisotopic (exact) mass is 290 g/mol. The van der Waals surface area contributed by atoms with Crippen LogP contribution in [0.3, 0.4) is 0 Å². The van der Waals surface area contributed by atoms with Gasteiger partial charge >= 0.3 is 6.18 Å². The van der Waals surface area contributed by atoms with Crippen molar-refractivity contribution in [2.24, 2.45) is 0 Å². The number of benzene rings is 1. The molecule has 0 fully saturated rings. The number of rotatable bonds is 1. The van der Waals surface area contributed by atoms with Crippen molar-refractivity contribution in [3.63, 3.8) is 0 Å². The lowest BCUT2D eigenvalue weighted by Gasteiger charge is -2.16. The van der Waals surface area contributed by atoms with Crippen molar-refractivity contribution < 1.29 is 27.1 Å². The number of aliphatic hydroxyl groups is 1. The molecule has 1 N–H and O–H groups in total. The van der Waals surface area contributed by atoms with E-state index in [4.69, 9.17) is 5.11 Å². The summed E-state index contributed by atoms with van der Waals surface area (Å²) < 4.78 is 61.5. The Kier molecular flexibility index (Phi) is 3.34. The Morgan fingerprint density at radius 3 is 2.20 bits per heavy atom. The molecule has 0 aliphatic heterocycles. The van der Waals surface area contributed by atoms with Gasteiger partial charge in [-0.15, -0.1) is 0 Å². The summed E-state index contributed by atoms with van der Waals surface area (Å²) in [6.45, 7) is 0. The first-order valence-corrected chi connectivity index (χ1v) is 4.42. The molecule has 0 radical (unpaired) electrons. The fourth-order valence-electron chi connectivity index (χ4n) is 0.957. The van der Waals surface area contributed by atoms with E-state index in [1.165, 1.54) is 0 Å². The van der Waals surface area contributed by atoms with E-state index in [9.17, 15) is 22.0 Å². The zero-order valence-electron chi connectivity index (χ0n) is 6.95. The van der Waals surface area contributed by atoms with Gasteiger partial charge in [0.2, 0.25) is 0 Å². The van der Waals surface area contributed by atoms with Crippen molar-refractivity contribution in [3.8, 4) is 0 Å². The van der Waals surface area contributed by atoms with E-state index in [2.05, 4.69) is 15.9 Å². The fraction of sp³-hybridized carbons (Fsp3) is 0.250. The summed E-state index contributed by atoms with van der Waals surface area (Å²) in [6.07, 6.45) is -8.10. The third kappa shape index (κ3) is 2.46. The SMILES string of the molecule is OC(c1c(Br)ccc(F)c1F)C(F)(F)F. The molecule has 0 bridgehead atoms. The van der Waals surface area contributed by atoms with Gasteiger partial charge in [-0.25, -0.2) is 8.78 Å². The van der Waals surface area contributed by atoms with E-state index < -0.39 is 29.5 Å². The van der Waals surface area contributed by atoms with E-state index in [1.807, 2.05) is 0 Å². The summed E-state index contributed by atoms with van der Waals surface area (Å²) >= 11 is 2.61. The van der Waals surface area contributed by atoms with Crippen LogP contribution >= 0.6 is 15.9 Å². The van der Waals surface area contributed by atoms with Gasteiger partial charge in [-0.2, -0.15) is 13.2 Å². The topological polar surface area (TPSA) is 20.2 Å². The normalized spacial score (nSPS) is 14.1. The van der Waals surface area contributed by atoms with Crippen molar-refractivity contribution in [2.45, 2.75) is 12.3 Å². The Hall–Kier alpha value is -0.690. The molecule has 1 atom stereocenters. The molecule has 0 saturated carbocycles. The fourth-order valence-corrected chi connectivity index (χ4v) is 1.48. The van der Waals surface area contributed by atoms with E-state index in [-0.39, 0.29) is 4.47 Å². The van der Waals surface area contributed by atoms with Crippen molar-refractivity contribution in [1.29, 1.82) is 0 Å². The van der Waals surface area contributed by atoms with Crippen molar-refractivity contribution in [3.05, 3.63) is 33.8 Å². The largest absolute Gasteiger partial charge is 0.418 e. The van der Waals surface area contributed by atoms with Crippen LogP contribution in [0.5, 0.6) is 0 Å². The van der Waals surface area contributed by atoms with Crippen LogP contribution < -0.4 is 0 Å². The second kappa shape index (κ2) is 4.05. The summed E-state index contributed by atoms with van der Waals surface area (Å²) in [4.78, 5) is 0. The zero-order valence-corrected chi connectivity index (χ0v) is 8.53. The standard InChI is InChI=1S/C8H4BrF5O/c9-3-1-2-4(10)6(11)5(3)7(15)8(12,13)14/h1-2,7,15H. The number of alkyl halides is 3. The Bertz CT molecular complexity index is 376. The maximum absolute atomic E-state index is 13.0. The predicted molar refractivity (Wildman–Crippen MR) is 45.1 cm³/mol. The molecule has 1 aromatic carbocycles. The molecule has 84 valence electrons. The predicted octanol–water partition coefficient (Wildman–Crippen LogP) is 3.32. The molecule has 0 amide bonds. The molecule has 0 saturated heterocycles. The van der Waals surface area contributed by atoms with Gasteiger partial charge in [0, 0.05) is 10.0 Å². The highest BCUT2D eigenvalue weighted by Crippen LogP contribution is 2.37. The van der Waals surface area contributed by atoms with Gasteiger partial charge in [0.1, 0.15) is 0 Å². The summed E-state index contributed by atoms with van der Waals surface area (Å²) in [5, 5.41) is 8.78. The molecule has 0 aliphatic carbocycles. The van der Waals surface area contributed by atoms with Gasteiger partial charge < -0.3 is 5.11 Å². The lowest BCUT2D eigenvalue weighted by atomic mass is 10.1. The minimum absolute atomic E-state index is 0.341. The summed E-state index contributed by atoms with van der Waals surface area (Å²) in [5.74, 6) is -3.16. The van der Waals surface area contributed by atoms with Gasteiger partial charge in [0.25, 0.3) is 0 Å². The summed E-state index contributed by atoms with van der Waals surface area (Å²) in [7, 11) is 0. The Morgan fingerprint density at radius 1 is 1.20 bits per heavy atom. The maximum atomic E-state index is 13.0. The van der Waals surface area contributed by atoms with E-state index >= 15 is 0 Å². The van der Waals surface area contributed by atoms with E-state index in [0.29, 0.717) is 6.07 Å². The molecule has 0 aliphatic rings. The van der Waals surface area contributed by atoms with Crippen LogP contribution in [-0.4, -0.2) is 11.3 Å². The Labute approximate surface area is 89.7 Å². The molecule has 7 heteroatoms. The molecule has 1 aromatic rings. The van der Waals surface area contributed by atoms with Gasteiger partial charge in [0.15, 0.2) is 17.7 Å². The van der Waals surface area contributed by atoms with Crippen molar-refractivity contribution in [2.75, 3.05) is 0 Å². The molecule has 1 unspecified atom stereocenters. The maximum Gasteiger partial charge on any atom is 0.418 e. The number of aliphatic hydroxyl groups excluding tert-OH is 1.